The van der Waals surface area contributed by atoms with Gasteiger partial charge in [0.05, 0.1) is 19.8 Å². The van der Waals surface area contributed by atoms with Gasteiger partial charge in [-0.25, -0.2) is 9.18 Å². The van der Waals surface area contributed by atoms with Crippen LogP contribution in [0.15, 0.2) is 30.5 Å². The molecule has 5 heteroatoms. The largest absolute Gasteiger partial charge is 0.494 e. The van der Waals surface area contributed by atoms with Crippen LogP contribution in [0.1, 0.15) is 27.2 Å². The van der Waals surface area contributed by atoms with Gasteiger partial charge in [-0.2, -0.15) is 0 Å². The van der Waals surface area contributed by atoms with Crippen molar-refractivity contribution in [2.75, 3.05) is 14.2 Å². The van der Waals surface area contributed by atoms with Crippen LogP contribution in [-0.2, 0) is 4.74 Å². The van der Waals surface area contributed by atoms with E-state index in [0.29, 0.717) is 0 Å². The molecule has 114 valence electrons. The van der Waals surface area contributed by atoms with E-state index in [4.69, 9.17) is 4.74 Å². The highest BCUT2D eigenvalue weighted by Crippen LogP contribution is 2.25. The Bertz CT molecular complexity index is 709. The van der Waals surface area contributed by atoms with Crippen molar-refractivity contribution in [2.24, 2.45) is 0 Å². The summed E-state index contributed by atoms with van der Waals surface area (Å²) in [4.78, 5) is 15.8. The molecule has 0 atom stereocenters. The van der Waals surface area contributed by atoms with E-state index in [1.807, 2.05) is 19.1 Å². The molecular formula is C17H16FNO3. The molecule has 0 spiro atoms. The van der Waals surface area contributed by atoms with Crippen molar-refractivity contribution in [1.82, 2.24) is 4.98 Å². The van der Waals surface area contributed by atoms with Crippen molar-refractivity contribution in [2.45, 2.75) is 6.92 Å². The molecule has 1 heterocycles. The minimum atomic E-state index is -0.551. The van der Waals surface area contributed by atoms with Crippen molar-refractivity contribution >= 4 is 18.1 Å². The number of methoxy groups -OCH3 is 2. The Morgan fingerprint density at radius 1 is 1.23 bits per heavy atom. The lowest BCUT2D eigenvalue weighted by atomic mass is 10.1. The van der Waals surface area contributed by atoms with Gasteiger partial charge >= 0.3 is 5.97 Å². The number of aromatic nitrogens is 1. The molecule has 4 nitrogen and oxygen atoms in total. The van der Waals surface area contributed by atoms with Crippen LogP contribution in [0.3, 0.4) is 0 Å². The lowest BCUT2D eigenvalue weighted by molar-refractivity contribution is 0.0600. The van der Waals surface area contributed by atoms with Crippen LogP contribution in [-0.4, -0.2) is 25.2 Å². The van der Waals surface area contributed by atoms with Crippen LogP contribution < -0.4 is 4.74 Å². The third-order valence-electron chi connectivity index (χ3n) is 3.10. The molecule has 0 aliphatic carbocycles. The van der Waals surface area contributed by atoms with E-state index in [1.54, 1.807) is 18.3 Å². The van der Waals surface area contributed by atoms with Crippen molar-refractivity contribution in [3.05, 3.63) is 58.7 Å². The van der Waals surface area contributed by atoms with E-state index in [1.165, 1.54) is 26.4 Å². The van der Waals surface area contributed by atoms with Gasteiger partial charge in [0, 0.05) is 17.5 Å². The number of rotatable bonds is 4. The van der Waals surface area contributed by atoms with Gasteiger partial charge < -0.3 is 9.47 Å². The normalized spacial score (nSPS) is 10.7. The second-order valence-electron chi connectivity index (χ2n) is 4.64. The van der Waals surface area contributed by atoms with Crippen molar-refractivity contribution in [1.29, 1.82) is 0 Å². The summed E-state index contributed by atoms with van der Waals surface area (Å²) in [5.74, 6) is -1.10. The Hall–Kier alpha value is -2.69. The highest BCUT2D eigenvalue weighted by Gasteiger charge is 2.14. The van der Waals surface area contributed by atoms with Gasteiger partial charge in [0.2, 0.25) is 0 Å². The predicted molar refractivity (Wildman–Crippen MR) is 82.2 cm³/mol. The highest BCUT2D eigenvalue weighted by atomic mass is 19.1. The Balaban J connectivity index is 2.40. The second-order valence-corrected chi connectivity index (χ2v) is 4.64. The number of halogens is 1. The fraction of sp³-hybridized carbons (Fsp3) is 0.176. The predicted octanol–water partition coefficient (Wildman–Crippen LogP) is 3.49. The molecule has 0 aliphatic rings. The fourth-order valence-electron chi connectivity index (χ4n) is 1.89. The molecule has 0 bridgehead atoms. The molecule has 0 unspecified atom stereocenters. The summed E-state index contributed by atoms with van der Waals surface area (Å²) < 4.78 is 23.9. The molecule has 0 saturated carbocycles. The van der Waals surface area contributed by atoms with E-state index in [9.17, 15) is 9.18 Å². The smallest absolute Gasteiger partial charge is 0.338 e. The molecule has 22 heavy (non-hydrogen) atoms. The molecular weight excluding hydrogens is 285 g/mol. The summed E-state index contributed by atoms with van der Waals surface area (Å²) in [6.07, 6.45) is 4.97. The molecule has 1 aromatic carbocycles. The number of carbonyl (C=O) groups is 1. The number of hydrogen-bond donors (Lipinski definition) is 0. The van der Waals surface area contributed by atoms with E-state index in [-0.39, 0.29) is 16.9 Å². The van der Waals surface area contributed by atoms with Crippen molar-refractivity contribution in [3.63, 3.8) is 0 Å². The summed E-state index contributed by atoms with van der Waals surface area (Å²) in [5.41, 5.74) is 2.19. The first kappa shape index (κ1) is 15.7. The lowest BCUT2D eigenvalue weighted by Crippen LogP contribution is -2.03. The molecule has 0 amide bonds. The molecule has 2 rings (SSSR count). The zero-order valence-corrected chi connectivity index (χ0v) is 12.6. The number of aryl methyl sites for hydroxylation is 1. The minimum Gasteiger partial charge on any atom is -0.494 e. The zero-order chi connectivity index (χ0) is 16.1. The second kappa shape index (κ2) is 6.85. The summed E-state index contributed by atoms with van der Waals surface area (Å²) in [5, 5.41) is 0. The van der Waals surface area contributed by atoms with Crippen LogP contribution in [0.2, 0.25) is 0 Å². The molecule has 0 radical (unpaired) electrons. The third-order valence-corrected chi connectivity index (χ3v) is 3.10. The summed E-state index contributed by atoms with van der Waals surface area (Å²) in [6, 6.07) is 6.47. The van der Waals surface area contributed by atoms with Gasteiger partial charge in [-0.15, -0.1) is 0 Å². The van der Waals surface area contributed by atoms with Gasteiger partial charge in [-0.1, -0.05) is 18.2 Å². The van der Waals surface area contributed by atoms with Crippen molar-refractivity contribution in [3.8, 4) is 5.75 Å². The Morgan fingerprint density at radius 3 is 2.59 bits per heavy atom. The number of nitrogens with zero attached hydrogens (tertiary/aromatic N) is 1. The highest BCUT2D eigenvalue weighted by molar-refractivity contribution is 5.91. The quantitative estimate of drug-likeness (QED) is 0.811. The average molecular weight is 301 g/mol. The summed E-state index contributed by atoms with van der Waals surface area (Å²) in [6.45, 7) is 1.89. The summed E-state index contributed by atoms with van der Waals surface area (Å²) in [7, 11) is 2.61. The Labute approximate surface area is 128 Å². The number of esters is 1. The standard InChI is InChI=1S/C17H16FNO3/c1-11-4-5-12(10-19-11)6-7-13-8-14(17(20)22-3)9-15(21-2)16(13)18/h4-10H,1-3H3. The SMILES string of the molecule is COC(=O)c1cc(C=Cc2ccc(C)nc2)c(F)c(OC)c1. The number of benzene rings is 1. The molecule has 0 N–H and O–H groups in total. The number of carbonyl (C=O) groups excluding carboxylic acids is 1. The number of hydrogen-bond acceptors (Lipinski definition) is 4. The molecule has 1 aromatic heterocycles. The number of ether oxygens (including phenoxy) is 2. The lowest BCUT2D eigenvalue weighted by Gasteiger charge is -2.08. The summed E-state index contributed by atoms with van der Waals surface area (Å²) >= 11 is 0. The van der Waals surface area contributed by atoms with Gasteiger partial charge in [0.15, 0.2) is 11.6 Å². The maximum Gasteiger partial charge on any atom is 0.338 e. The monoisotopic (exact) mass is 301 g/mol. The van der Waals surface area contributed by atoms with E-state index >= 15 is 0 Å². The van der Waals surface area contributed by atoms with Gasteiger partial charge in [-0.05, 0) is 30.7 Å². The molecule has 0 saturated heterocycles. The fourth-order valence-corrected chi connectivity index (χ4v) is 1.89. The first-order valence-corrected chi connectivity index (χ1v) is 6.61. The minimum absolute atomic E-state index is 0.00965. The van der Waals surface area contributed by atoms with Gasteiger partial charge in [0.1, 0.15) is 0 Å². The van der Waals surface area contributed by atoms with Crippen molar-refractivity contribution < 1.29 is 18.7 Å². The van der Waals surface area contributed by atoms with Crippen LogP contribution >= 0.6 is 0 Å². The van der Waals surface area contributed by atoms with Crippen LogP contribution in [0, 0.1) is 12.7 Å². The molecule has 0 fully saturated rings. The Kier molecular flexibility index (Phi) is 4.88. The maximum absolute atomic E-state index is 14.2. The topological polar surface area (TPSA) is 48.4 Å². The van der Waals surface area contributed by atoms with Crippen LogP contribution in [0.4, 0.5) is 4.39 Å². The Morgan fingerprint density at radius 2 is 2.00 bits per heavy atom. The van der Waals surface area contributed by atoms with E-state index < -0.39 is 11.8 Å². The average Bonchev–Trinajstić information content (AvgIpc) is 2.54. The van der Waals surface area contributed by atoms with Gasteiger partial charge in [0.25, 0.3) is 0 Å². The first-order chi connectivity index (χ1) is 10.5. The van der Waals surface area contributed by atoms with E-state index in [0.717, 1.165) is 11.3 Å². The number of pyridine rings is 1. The van der Waals surface area contributed by atoms with Crippen LogP contribution in [0.5, 0.6) is 5.75 Å². The van der Waals surface area contributed by atoms with E-state index in [2.05, 4.69) is 9.72 Å². The van der Waals surface area contributed by atoms with Crippen LogP contribution in [0.25, 0.3) is 12.2 Å². The maximum atomic E-state index is 14.2. The third kappa shape index (κ3) is 3.49. The van der Waals surface area contributed by atoms with Gasteiger partial charge in [-0.3, -0.25) is 4.98 Å². The molecule has 0 aliphatic heterocycles. The first-order valence-electron chi connectivity index (χ1n) is 6.61. The molecule has 2 aromatic rings. The zero-order valence-electron chi connectivity index (χ0n) is 12.6.